The Kier molecular flexibility index (Phi) is 5.71. The molecule has 1 saturated carbocycles. The molecule has 3 aromatic rings. The topological polar surface area (TPSA) is 77.8 Å². The Balaban J connectivity index is 1.36. The molecular formula is C29H31NO5S. The highest BCUT2D eigenvalue weighted by atomic mass is 32.1. The van der Waals surface area contributed by atoms with E-state index in [1.807, 2.05) is 6.92 Å². The Bertz CT molecular complexity index is 1330. The number of fused-ring (bicyclic) bond motifs is 7. The van der Waals surface area contributed by atoms with Gasteiger partial charge in [-0.2, -0.15) is 0 Å². The fourth-order valence-corrected chi connectivity index (χ4v) is 8.55. The molecular weight excluding hydrogens is 474 g/mol. The summed E-state index contributed by atoms with van der Waals surface area (Å²) in [6.45, 7) is 4.44. The number of hydrogen-bond donors (Lipinski definition) is 1. The van der Waals surface area contributed by atoms with Crippen LogP contribution in [0.5, 0.6) is 5.75 Å². The molecule has 1 amide bonds. The molecule has 1 N–H and O–H groups in total. The van der Waals surface area contributed by atoms with Crippen molar-refractivity contribution in [2.24, 2.45) is 11.8 Å². The van der Waals surface area contributed by atoms with Gasteiger partial charge in [0.05, 0.1) is 25.5 Å². The molecule has 2 aromatic heterocycles. The first kappa shape index (κ1) is 23.3. The second-order valence-electron chi connectivity index (χ2n) is 10.4. The minimum absolute atomic E-state index is 0.118. The molecule has 36 heavy (non-hydrogen) atoms. The molecule has 4 atom stereocenters. The van der Waals surface area contributed by atoms with Crippen LogP contribution < -0.4 is 10.1 Å². The Morgan fingerprint density at radius 1 is 1.25 bits per heavy atom. The summed E-state index contributed by atoms with van der Waals surface area (Å²) in [7, 11) is 1.72. The van der Waals surface area contributed by atoms with Gasteiger partial charge in [-0.15, -0.1) is 11.3 Å². The first-order valence-corrected chi connectivity index (χ1v) is 13.6. The quantitative estimate of drug-likeness (QED) is 0.409. The highest BCUT2D eigenvalue weighted by Crippen LogP contribution is 2.63. The Hall–Kier alpha value is -3.06. The van der Waals surface area contributed by atoms with Crippen LogP contribution in [0, 0.1) is 11.8 Å². The van der Waals surface area contributed by atoms with Gasteiger partial charge in [0.25, 0.3) is 5.91 Å². The van der Waals surface area contributed by atoms with Crippen LogP contribution >= 0.6 is 11.3 Å². The van der Waals surface area contributed by atoms with Gasteiger partial charge in [0.15, 0.2) is 5.76 Å². The summed E-state index contributed by atoms with van der Waals surface area (Å²) < 4.78 is 16.2. The molecule has 6 rings (SSSR count). The molecule has 0 bridgehead atoms. The van der Waals surface area contributed by atoms with E-state index in [0.29, 0.717) is 34.9 Å². The van der Waals surface area contributed by atoms with Gasteiger partial charge in [0.1, 0.15) is 10.8 Å². The van der Waals surface area contributed by atoms with Crippen LogP contribution in [0.1, 0.15) is 81.5 Å². The van der Waals surface area contributed by atoms with Gasteiger partial charge >= 0.3 is 5.97 Å². The summed E-state index contributed by atoms with van der Waals surface area (Å²) in [6.07, 6.45) is 6.71. The third kappa shape index (κ3) is 3.51. The van der Waals surface area contributed by atoms with E-state index in [2.05, 4.69) is 30.4 Å². The number of rotatable bonds is 5. The van der Waals surface area contributed by atoms with E-state index >= 15 is 0 Å². The highest BCUT2D eigenvalue weighted by molar-refractivity contribution is 7.17. The number of hydrogen-bond acceptors (Lipinski definition) is 6. The number of furan rings is 1. The van der Waals surface area contributed by atoms with E-state index in [1.165, 1.54) is 33.6 Å². The number of esters is 1. The highest BCUT2D eigenvalue weighted by Gasteiger charge is 2.55. The van der Waals surface area contributed by atoms with Crippen LogP contribution in [0.25, 0.3) is 0 Å². The SMILES string of the molecule is CCOC(=O)c1c(NC(=O)c2ccco2)sc2c1[C@@]1(C)CC[C@@H]3c4ccc(OC)cc4CC[C@@H]3[C@@H]1C2. The number of thiophene rings is 1. The fourth-order valence-electron chi connectivity index (χ4n) is 7.18. The molecule has 0 spiro atoms. The predicted molar refractivity (Wildman–Crippen MR) is 138 cm³/mol. The maximum Gasteiger partial charge on any atom is 0.341 e. The van der Waals surface area contributed by atoms with Gasteiger partial charge in [-0.1, -0.05) is 13.0 Å². The number of ether oxygens (including phenoxy) is 2. The van der Waals surface area contributed by atoms with Gasteiger partial charge in [0, 0.05) is 4.88 Å². The number of benzene rings is 1. The summed E-state index contributed by atoms with van der Waals surface area (Å²) >= 11 is 1.53. The van der Waals surface area contributed by atoms with Crippen molar-refractivity contribution in [2.45, 2.75) is 57.3 Å². The predicted octanol–water partition coefficient (Wildman–Crippen LogP) is 6.35. The number of amides is 1. The Labute approximate surface area is 215 Å². The molecule has 0 saturated heterocycles. The Morgan fingerprint density at radius 3 is 2.86 bits per heavy atom. The zero-order valence-electron chi connectivity index (χ0n) is 20.9. The molecule has 6 nitrogen and oxygen atoms in total. The van der Waals surface area contributed by atoms with E-state index in [9.17, 15) is 9.59 Å². The van der Waals surface area contributed by atoms with Crippen molar-refractivity contribution in [1.82, 2.24) is 0 Å². The maximum atomic E-state index is 13.3. The lowest BCUT2D eigenvalue weighted by Gasteiger charge is -2.49. The van der Waals surface area contributed by atoms with Gasteiger partial charge < -0.3 is 19.2 Å². The second kappa shape index (κ2) is 8.80. The number of aryl methyl sites for hydroxylation is 1. The monoisotopic (exact) mass is 505 g/mol. The zero-order valence-corrected chi connectivity index (χ0v) is 21.7. The molecule has 0 aliphatic heterocycles. The van der Waals surface area contributed by atoms with Crippen molar-refractivity contribution in [1.29, 1.82) is 0 Å². The number of methoxy groups -OCH3 is 1. The van der Waals surface area contributed by atoms with Crippen molar-refractivity contribution in [2.75, 3.05) is 19.0 Å². The molecule has 3 aliphatic carbocycles. The van der Waals surface area contributed by atoms with Crippen LogP contribution in [0.2, 0.25) is 0 Å². The summed E-state index contributed by atoms with van der Waals surface area (Å²) in [5.74, 6) is 2.02. The average Bonchev–Trinajstić information content (AvgIpc) is 3.59. The molecule has 2 heterocycles. The van der Waals surface area contributed by atoms with Gasteiger partial charge in [-0.05, 0) is 103 Å². The van der Waals surface area contributed by atoms with E-state index in [0.717, 1.165) is 43.4 Å². The minimum atomic E-state index is -0.352. The normalized spacial score (nSPS) is 25.8. The van der Waals surface area contributed by atoms with Crippen LogP contribution in [0.4, 0.5) is 5.00 Å². The molecule has 0 unspecified atom stereocenters. The average molecular weight is 506 g/mol. The smallest absolute Gasteiger partial charge is 0.341 e. The van der Waals surface area contributed by atoms with Crippen molar-refractivity contribution in [3.63, 3.8) is 0 Å². The lowest BCUT2D eigenvalue weighted by Crippen LogP contribution is -2.43. The summed E-state index contributed by atoms with van der Waals surface area (Å²) in [4.78, 5) is 27.3. The first-order chi connectivity index (χ1) is 17.4. The van der Waals surface area contributed by atoms with Gasteiger partial charge in [-0.3, -0.25) is 4.79 Å². The molecule has 1 aromatic carbocycles. The largest absolute Gasteiger partial charge is 0.497 e. The van der Waals surface area contributed by atoms with Crippen molar-refractivity contribution < 1.29 is 23.5 Å². The molecule has 1 fully saturated rings. The van der Waals surface area contributed by atoms with Gasteiger partial charge in [0.2, 0.25) is 0 Å². The maximum absolute atomic E-state index is 13.3. The number of carbonyl (C=O) groups is 2. The van der Waals surface area contributed by atoms with Crippen molar-refractivity contribution in [3.05, 3.63) is 69.5 Å². The van der Waals surface area contributed by atoms with Crippen LogP contribution in [0.15, 0.2) is 41.0 Å². The fraction of sp³-hybridized carbons (Fsp3) is 0.448. The standard InChI is InChI=1S/C29H31NO5S/c1-4-34-28(32)24-25-23(36-27(24)30-26(31)22-6-5-13-35-22)15-21-20-9-7-16-14-17(33-3)8-10-18(16)19(20)11-12-29(21,25)2/h5-6,8,10,13-14,19-21H,4,7,9,11-12,15H2,1-3H3,(H,30,31)/t19-,20+,21+,29+/m1/s1. The number of carbonyl (C=O) groups excluding carboxylic acids is 2. The van der Waals surface area contributed by atoms with Crippen LogP contribution in [-0.2, 0) is 23.0 Å². The number of nitrogens with one attached hydrogen (secondary N) is 1. The van der Waals surface area contributed by atoms with E-state index in [4.69, 9.17) is 13.9 Å². The van der Waals surface area contributed by atoms with Crippen LogP contribution in [0.3, 0.4) is 0 Å². The molecule has 0 radical (unpaired) electrons. The second-order valence-corrected chi connectivity index (χ2v) is 11.5. The molecule has 188 valence electrons. The van der Waals surface area contributed by atoms with E-state index in [1.54, 1.807) is 19.2 Å². The zero-order chi connectivity index (χ0) is 25.0. The minimum Gasteiger partial charge on any atom is -0.497 e. The van der Waals surface area contributed by atoms with Crippen molar-refractivity contribution in [3.8, 4) is 5.75 Å². The molecule has 7 heteroatoms. The lowest BCUT2D eigenvalue weighted by atomic mass is 9.54. The summed E-state index contributed by atoms with van der Waals surface area (Å²) in [6, 6.07) is 9.86. The third-order valence-electron chi connectivity index (χ3n) is 8.73. The van der Waals surface area contributed by atoms with E-state index in [-0.39, 0.29) is 23.1 Å². The van der Waals surface area contributed by atoms with Crippen LogP contribution in [-0.4, -0.2) is 25.6 Å². The Morgan fingerprint density at radius 2 is 2.11 bits per heavy atom. The van der Waals surface area contributed by atoms with E-state index < -0.39 is 0 Å². The first-order valence-electron chi connectivity index (χ1n) is 12.8. The van der Waals surface area contributed by atoms with Crippen molar-refractivity contribution >= 4 is 28.2 Å². The summed E-state index contributed by atoms with van der Waals surface area (Å²) in [5, 5.41) is 3.52. The third-order valence-corrected chi connectivity index (χ3v) is 9.86. The summed E-state index contributed by atoms with van der Waals surface area (Å²) in [5.41, 5.74) is 4.42. The number of anilines is 1. The lowest BCUT2D eigenvalue weighted by molar-refractivity contribution is 0.0519. The molecule has 3 aliphatic rings. The van der Waals surface area contributed by atoms with Gasteiger partial charge in [-0.25, -0.2) is 4.79 Å².